The summed E-state index contributed by atoms with van der Waals surface area (Å²) in [7, 11) is 0. The number of hydrogen-bond donors (Lipinski definition) is 0. The van der Waals surface area contributed by atoms with Gasteiger partial charge in [-0.05, 0) is 6.07 Å². The highest BCUT2D eigenvalue weighted by atomic mass is 19.1. The van der Waals surface area contributed by atoms with Crippen molar-refractivity contribution in [1.29, 1.82) is 0 Å². The van der Waals surface area contributed by atoms with E-state index in [1.54, 1.807) is 12.3 Å². The van der Waals surface area contributed by atoms with Crippen molar-refractivity contribution in [2.75, 3.05) is 6.61 Å². The van der Waals surface area contributed by atoms with Gasteiger partial charge in [0.2, 0.25) is 0 Å². The second-order valence-electron chi connectivity index (χ2n) is 2.22. The van der Waals surface area contributed by atoms with Gasteiger partial charge in [0.25, 0.3) is 0 Å². The summed E-state index contributed by atoms with van der Waals surface area (Å²) < 4.78 is 17.6. The smallest absolute Gasteiger partial charge is 0.147 e. The third kappa shape index (κ3) is 0.885. The van der Waals surface area contributed by atoms with Crippen molar-refractivity contribution in [2.45, 2.75) is 6.10 Å². The van der Waals surface area contributed by atoms with Crippen LogP contribution in [0.4, 0.5) is 4.39 Å². The maximum atomic E-state index is 12.7. The molecule has 10 heavy (non-hydrogen) atoms. The standard InChI is InChI=1S/C7H6FNO/c8-6-3-9-2-1-5(6)7-4-10-7/h1-3,7H,4H2. The van der Waals surface area contributed by atoms with Crippen molar-refractivity contribution in [3.8, 4) is 0 Å². The lowest BCUT2D eigenvalue weighted by molar-refractivity contribution is 0.407. The maximum absolute atomic E-state index is 12.7. The van der Waals surface area contributed by atoms with Crippen LogP contribution in [0.2, 0.25) is 0 Å². The molecule has 0 amide bonds. The minimum absolute atomic E-state index is 0.0111. The Labute approximate surface area is 57.7 Å². The van der Waals surface area contributed by atoms with Crippen LogP contribution in [0.15, 0.2) is 18.5 Å². The Morgan fingerprint density at radius 3 is 3.10 bits per heavy atom. The van der Waals surface area contributed by atoms with Crippen LogP contribution in [-0.2, 0) is 4.74 Å². The molecule has 0 spiro atoms. The highest BCUT2D eigenvalue weighted by Crippen LogP contribution is 2.30. The van der Waals surface area contributed by atoms with Gasteiger partial charge in [-0.1, -0.05) is 0 Å². The summed E-state index contributed by atoms with van der Waals surface area (Å²) in [5, 5.41) is 0. The van der Waals surface area contributed by atoms with Crippen molar-refractivity contribution < 1.29 is 9.13 Å². The number of epoxide rings is 1. The Morgan fingerprint density at radius 2 is 2.50 bits per heavy atom. The molecule has 1 aliphatic heterocycles. The van der Waals surface area contributed by atoms with Crippen molar-refractivity contribution in [2.24, 2.45) is 0 Å². The zero-order valence-corrected chi connectivity index (χ0v) is 5.25. The van der Waals surface area contributed by atoms with Gasteiger partial charge in [0, 0.05) is 11.8 Å². The summed E-state index contributed by atoms with van der Waals surface area (Å²) in [6.45, 7) is 0.640. The average molecular weight is 139 g/mol. The van der Waals surface area contributed by atoms with Crippen LogP contribution in [0.3, 0.4) is 0 Å². The molecule has 1 aromatic heterocycles. The molecular formula is C7H6FNO. The number of nitrogens with zero attached hydrogens (tertiary/aromatic N) is 1. The fourth-order valence-electron chi connectivity index (χ4n) is 0.875. The molecule has 0 aliphatic carbocycles. The van der Waals surface area contributed by atoms with E-state index >= 15 is 0 Å². The van der Waals surface area contributed by atoms with Gasteiger partial charge in [0.1, 0.15) is 11.9 Å². The molecule has 1 atom stereocenters. The van der Waals surface area contributed by atoms with Gasteiger partial charge < -0.3 is 4.74 Å². The first-order chi connectivity index (χ1) is 4.88. The number of rotatable bonds is 1. The molecule has 0 radical (unpaired) electrons. The summed E-state index contributed by atoms with van der Waals surface area (Å²) in [6, 6.07) is 1.65. The molecule has 1 unspecified atom stereocenters. The Bertz CT molecular complexity index is 247. The van der Waals surface area contributed by atoms with Crippen LogP contribution in [0.1, 0.15) is 11.7 Å². The highest BCUT2D eigenvalue weighted by molar-refractivity contribution is 5.18. The zero-order chi connectivity index (χ0) is 6.97. The Kier molecular flexibility index (Phi) is 1.17. The van der Waals surface area contributed by atoms with E-state index < -0.39 is 0 Å². The molecular weight excluding hydrogens is 133 g/mol. The molecule has 0 bridgehead atoms. The molecule has 2 rings (SSSR count). The summed E-state index contributed by atoms with van der Waals surface area (Å²) >= 11 is 0. The van der Waals surface area contributed by atoms with E-state index in [1.807, 2.05) is 0 Å². The van der Waals surface area contributed by atoms with Gasteiger partial charge in [0.15, 0.2) is 0 Å². The quantitative estimate of drug-likeness (QED) is 0.548. The predicted molar refractivity (Wildman–Crippen MR) is 32.9 cm³/mol. The minimum Gasteiger partial charge on any atom is -0.368 e. The molecule has 0 aromatic carbocycles. The van der Waals surface area contributed by atoms with Gasteiger partial charge in [-0.25, -0.2) is 4.39 Å². The lowest BCUT2D eigenvalue weighted by atomic mass is 10.2. The molecule has 2 nitrogen and oxygen atoms in total. The van der Waals surface area contributed by atoms with E-state index in [2.05, 4.69) is 4.98 Å². The SMILES string of the molecule is Fc1cnccc1C1CO1. The Balaban J connectivity index is 2.39. The van der Waals surface area contributed by atoms with E-state index in [4.69, 9.17) is 4.74 Å². The van der Waals surface area contributed by atoms with Crippen molar-refractivity contribution in [3.05, 3.63) is 29.8 Å². The minimum atomic E-state index is -0.273. The third-order valence-electron chi connectivity index (χ3n) is 1.48. The van der Waals surface area contributed by atoms with Crippen LogP contribution in [0.25, 0.3) is 0 Å². The predicted octanol–water partition coefficient (Wildman–Crippen LogP) is 1.29. The van der Waals surface area contributed by atoms with E-state index in [9.17, 15) is 4.39 Å². The molecule has 1 aromatic rings. The van der Waals surface area contributed by atoms with Gasteiger partial charge in [-0.15, -0.1) is 0 Å². The molecule has 2 heterocycles. The van der Waals surface area contributed by atoms with Crippen molar-refractivity contribution >= 4 is 0 Å². The van der Waals surface area contributed by atoms with E-state index in [-0.39, 0.29) is 11.9 Å². The number of aromatic nitrogens is 1. The van der Waals surface area contributed by atoms with E-state index in [1.165, 1.54) is 6.20 Å². The summed E-state index contributed by atoms with van der Waals surface area (Å²) in [6.07, 6.45) is 2.76. The largest absolute Gasteiger partial charge is 0.368 e. The first kappa shape index (κ1) is 5.80. The molecule has 3 heteroatoms. The third-order valence-corrected chi connectivity index (χ3v) is 1.48. The molecule has 0 N–H and O–H groups in total. The van der Waals surface area contributed by atoms with Crippen LogP contribution in [-0.4, -0.2) is 11.6 Å². The first-order valence-electron chi connectivity index (χ1n) is 3.09. The lowest BCUT2D eigenvalue weighted by Crippen LogP contribution is -1.87. The molecule has 1 aliphatic rings. The second-order valence-corrected chi connectivity index (χ2v) is 2.22. The van der Waals surface area contributed by atoms with Crippen molar-refractivity contribution in [1.82, 2.24) is 4.98 Å². The number of hydrogen-bond acceptors (Lipinski definition) is 2. The van der Waals surface area contributed by atoms with Crippen LogP contribution in [0.5, 0.6) is 0 Å². The Hall–Kier alpha value is -0.960. The normalized spacial score (nSPS) is 22.7. The van der Waals surface area contributed by atoms with Crippen LogP contribution >= 0.6 is 0 Å². The van der Waals surface area contributed by atoms with E-state index in [0.717, 1.165) is 0 Å². The molecule has 0 saturated carbocycles. The Morgan fingerprint density at radius 1 is 1.70 bits per heavy atom. The van der Waals surface area contributed by atoms with Crippen LogP contribution < -0.4 is 0 Å². The number of halogens is 1. The summed E-state index contributed by atoms with van der Waals surface area (Å²) in [5.41, 5.74) is 0.620. The highest BCUT2D eigenvalue weighted by Gasteiger charge is 2.27. The van der Waals surface area contributed by atoms with Gasteiger partial charge in [-0.3, -0.25) is 4.98 Å². The van der Waals surface area contributed by atoms with Crippen LogP contribution in [0, 0.1) is 5.82 Å². The summed E-state index contributed by atoms with van der Waals surface area (Å²) in [5.74, 6) is -0.273. The average Bonchev–Trinajstić information content (AvgIpc) is 2.71. The fraction of sp³-hybridized carbons (Fsp3) is 0.286. The molecule has 1 fully saturated rings. The number of pyridine rings is 1. The first-order valence-corrected chi connectivity index (χ1v) is 3.09. The zero-order valence-electron chi connectivity index (χ0n) is 5.25. The number of ether oxygens (including phenoxy) is 1. The fourth-order valence-corrected chi connectivity index (χ4v) is 0.875. The lowest BCUT2D eigenvalue weighted by Gasteiger charge is -1.94. The molecule has 1 saturated heterocycles. The molecule has 52 valence electrons. The van der Waals surface area contributed by atoms with Gasteiger partial charge in [-0.2, -0.15) is 0 Å². The van der Waals surface area contributed by atoms with E-state index in [0.29, 0.717) is 12.2 Å². The monoisotopic (exact) mass is 139 g/mol. The second kappa shape index (κ2) is 2.02. The summed E-state index contributed by atoms with van der Waals surface area (Å²) in [4.78, 5) is 3.62. The van der Waals surface area contributed by atoms with Crippen molar-refractivity contribution in [3.63, 3.8) is 0 Å². The van der Waals surface area contributed by atoms with Gasteiger partial charge >= 0.3 is 0 Å². The topological polar surface area (TPSA) is 25.4 Å². The van der Waals surface area contributed by atoms with Gasteiger partial charge in [0.05, 0.1) is 12.8 Å². The maximum Gasteiger partial charge on any atom is 0.147 e.